The topological polar surface area (TPSA) is 61.2 Å². The zero-order valence-electron chi connectivity index (χ0n) is 8.94. The number of nitrogens with zero attached hydrogens (tertiary/aromatic N) is 2. The Kier molecular flexibility index (Phi) is 4.15. The van der Waals surface area contributed by atoms with E-state index in [-0.39, 0.29) is 5.69 Å². The molecule has 0 amide bonds. The fourth-order valence-corrected chi connectivity index (χ4v) is 1.51. The lowest BCUT2D eigenvalue weighted by molar-refractivity contribution is -0.0549. The van der Waals surface area contributed by atoms with Crippen molar-refractivity contribution in [3.8, 4) is 0 Å². The second-order valence-electron chi connectivity index (χ2n) is 3.21. The Morgan fingerprint density at radius 3 is 2.65 bits per heavy atom. The standard InChI is InChI=1S/C8H11F3N2O3S/c1-2-5-13-7(3-4-12-13)6-16-17(14,15)8(9,10)11/h3-4H,2,5-6H2,1H3. The molecule has 0 aliphatic rings. The molecule has 0 aromatic carbocycles. The van der Waals surface area contributed by atoms with Gasteiger partial charge in [0.05, 0.1) is 5.69 Å². The molecule has 0 spiro atoms. The van der Waals surface area contributed by atoms with Crippen molar-refractivity contribution in [1.82, 2.24) is 9.78 Å². The SMILES string of the molecule is CCCn1nccc1COS(=O)(=O)C(F)(F)F. The molecule has 17 heavy (non-hydrogen) atoms. The first-order chi connectivity index (χ1) is 7.78. The minimum atomic E-state index is -5.55. The molecule has 1 rings (SSSR count). The maximum absolute atomic E-state index is 12.0. The van der Waals surface area contributed by atoms with E-state index in [1.165, 1.54) is 16.9 Å². The number of aryl methyl sites for hydroxylation is 1. The Morgan fingerprint density at radius 2 is 2.12 bits per heavy atom. The van der Waals surface area contributed by atoms with E-state index < -0.39 is 22.2 Å². The summed E-state index contributed by atoms with van der Waals surface area (Å²) in [6, 6.07) is 1.40. The quantitative estimate of drug-likeness (QED) is 0.604. The smallest absolute Gasteiger partial charge is 0.267 e. The zero-order chi connectivity index (χ0) is 13.1. The van der Waals surface area contributed by atoms with Crippen LogP contribution < -0.4 is 0 Å². The Hall–Kier alpha value is -1.09. The van der Waals surface area contributed by atoms with E-state index in [9.17, 15) is 21.6 Å². The van der Waals surface area contributed by atoms with Gasteiger partial charge < -0.3 is 0 Å². The lowest BCUT2D eigenvalue weighted by atomic mass is 10.4. The van der Waals surface area contributed by atoms with Crippen molar-refractivity contribution in [3.05, 3.63) is 18.0 Å². The van der Waals surface area contributed by atoms with Crippen LogP contribution in [-0.4, -0.2) is 23.7 Å². The Labute approximate surface area is 96.3 Å². The van der Waals surface area contributed by atoms with Gasteiger partial charge in [0.15, 0.2) is 0 Å². The molecule has 0 unspecified atom stereocenters. The van der Waals surface area contributed by atoms with Crippen molar-refractivity contribution < 1.29 is 25.8 Å². The Morgan fingerprint density at radius 1 is 1.47 bits per heavy atom. The van der Waals surface area contributed by atoms with Crippen molar-refractivity contribution in [2.45, 2.75) is 32.0 Å². The first-order valence-electron chi connectivity index (χ1n) is 4.74. The summed E-state index contributed by atoms with van der Waals surface area (Å²) in [5.74, 6) is 0. The molecule has 0 N–H and O–H groups in total. The molecular formula is C8H11F3N2O3S. The molecule has 0 saturated heterocycles. The second kappa shape index (κ2) is 5.05. The minimum Gasteiger partial charge on any atom is -0.267 e. The van der Waals surface area contributed by atoms with E-state index in [1.807, 2.05) is 6.92 Å². The summed E-state index contributed by atoms with van der Waals surface area (Å²) in [4.78, 5) is 0. The summed E-state index contributed by atoms with van der Waals surface area (Å²) in [6.07, 6.45) is 2.09. The van der Waals surface area contributed by atoms with Gasteiger partial charge in [0.2, 0.25) is 0 Å². The maximum atomic E-state index is 12.0. The lowest BCUT2D eigenvalue weighted by Gasteiger charge is -2.09. The highest BCUT2D eigenvalue weighted by molar-refractivity contribution is 7.87. The monoisotopic (exact) mass is 272 g/mol. The molecule has 1 aromatic heterocycles. The van der Waals surface area contributed by atoms with Gasteiger partial charge in [-0.15, -0.1) is 0 Å². The molecule has 0 saturated carbocycles. The fourth-order valence-electron chi connectivity index (χ4n) is 1.10. The van der Waals surface area contributed by atoms with Crippen LogP contribution in [0, 0.1) is 0 Å². The predicted molar refractivity (Wildman–Crippen MR) is 52.3 cm³/mol. The minimum absolute atomic E-state index is 0.277. The van der Waals surface area contributed by atoms with E-state index in [2.05, 4.69) is 9.28 Å². The predicted octanol–water partition coefficient (Wildman–Crippen LogP) is 1.66. The molecule has 0 fully saturated rings. The summed E-state index contributed by atoms with van der Waals surface area (Å²) in [7, 11) is -5.55. The highest BCUT2D eigenvalue weighted by Gasteiger charge is 2.47. The van der Waals surface area contributed by atoms with Crippen molar-refractivity contribution in [1.29, 1.82) is 0 Å². The zero-order valence-corrected chi connectivity index (χ0v) is 9.75. The molecule has 0 radical (unpaired) electrons. The summed E-state index contributed by atoms with van der Waals surface area (Å²) in [5, 5.41) is 3.83. The first kappa shape index (κ1) is 14.0. The molecule has 98 valence electrons. The molecule has 1 aromatic rings. The number of hydrogen-bond donors (Lipinski definition) is 0. The van der Waals surface area contributed by atoms with Crippen LogP contribution in [0.15, 0.2) is 12.3 Å². The van der Waals surface area contributed by atoms with E-state index in [1.54, 1.807) is 0 Å². The van der Waals surface area contributed by atoms with Gasteiger partial charge in [-0.3, -0.25) is 8.86 Å². The van der Waals surface area contributed by atoms with Crippen LogP contribution in [0.4, 0.5) is 13.2 Å². The largest absolute Gasteiger partial charge is 0.523 e. The number of hydrogen-bond acceptors (Lipinski definition) is 4. The summed E-state index contributed by atoms with van der Waals surface area (Å²) < 4.78 is 62.5. The van der Waals surface area contributed by atoms with Crippen molar-refractivity contribution >= 4 is 10.1 Å². The number of aromatic nitrogens is 2. The van der Waals surface area contributed by atoms with Gasteiger partial charge in [-0.25, -0.2) is 0 Å². The average molecular weight is 272 g/mol. The molecule has 0 aliphatic carbocycles. The van der Waals surface area contributed by atoms with Crippen LogP contribution in [0.25, 0.3) is 0 Å². The van der Waals surface area contributed by atoms with Gasteiger partial charge in [0, 0.05) is 12.7 Å². The maximum Gasteiger partial charge on any atom is 0.523 e. The van der Waals surface area contributed by atoms with Crippen molar-refractivity contribution in [2.24, 2.45) is 0 Å². The third kappa shape index (κ3) is 3.43. The molecule has 0 atom stereocenters. The van der Waals surface area contributed by atoms with Crippen LogP contribution in [0.1, 0.15) is 19.0 Å². The van der Waals surface area contributed by atoms with Crippen LogP contribution >= 0.6 is 0 Å². The highest BCUT2D eigenvalue weighted by atomic mass is 32.2. The van der Waals surface area contributed by atoms with Gasteiger partial charge in [-0.05, 0) is 12.5 Å². The van der Waals surface area contributed by atoms with E-state index in [0.717, 1.165) is 6.42 Å². The lowest BCUT2D eigenvalue weighted by Crippen LogP contribution is -2.25. The summed E-state index contributed by atoms with van der Waals surface area (Å²) >= 11 is 0. The first-order valence-corrected chi connectivity index (χ1v) is 6.15. The third-order valence-electron chi connectivity index (χ3n) is 1.89. The summed E-state index contributed by atoms with van der Waals surface area (Å²) in [5.41, 5.74) is -5.12. The van der Waals surface area contributed by atoms with Crippen LogP contribution in [-0.2, 0) is 27.5 Å². The normalized spacial score (nSPS) is 12.9. The van der Waals surface area contributed by atoms with Crippen molar-refractivity contribution in [2.75, 3.05) is 0 Å². The van der Waals surface area contributed by atoms with Gasteiger partial charge >= 0.3 is 15.6 Å². The Balaban J connectivity index is 2.71. The molecule has 1 heterocycles. The van der Waals surface area contributed by atoms with Crippen LogP contribution in [0.2, 0.25) is 0 Å². The molecular weight excluding hydrogens is 261 g/mol. The third-order valence-corrected chi connectivity index (χ3v) is 2.88. The highest BCUT2D eigenvalue weighted by Crippen LogP contribution is 2.25. The molecule has 9 heteroatoms. The van der Waals surface area contributed by atoms with E-state index in [0.29, 0.717) is 6.54 Å². The van der Waals surface area contributed by atoms with Crippen LogP contribution in [0.5, 0.6) is 0 Å². The van der Waals surface area contributed by atoms with E-state index in [4.69, 9.17) is 0 Å². The van der Waals surface area contributed by atoms with Gasteiger partial charge in [-0.1, -0.05) is 6.92 Å². The number of alkyl halides is 3. The molecule has 0 bridgehead atoms. The van der Waals surface area contributed by atoms with Gasteiger partial charge in [0.25, 0.3) is 0 Å². The van der Waals surface area contributed by atoms with E-state index >= 15 is 0 Å². The average Bonchev–Trinajstić information content (AvgIpc) is 2.61. The molecule has 0 aliphatic heterocycles. The fraction of sp³-hybridized carbons (Fsp3) is 0.625. The molecule has 5 nitrogen and oxygen atoms in total. The van der Waals surface area contributed by atoms with Crippen LogP contribution in [0.3, 0.4) is 0 Å². The number of rotatable bonds is 5. The second-order valence-corrected chi connectivity index (χ2v) is 4.81. The van der Waals surface area contributed by atoms with Gasteiger partial charge in [0.1, 0.15) is 6.61 Å². The Bertz CT molecular complexity index is 467. The van der Waals surface area contributed by atoms with Gasteiger partial charge in [-0.2, -0.15) is 26.7 Å². The van der Waals surface area contributed by atoms with Crippen molar-refractivity contribution in [3.63, 3.8) is 0 Å². The number of halogens is 3. The summed E-state index contributed by atoms with van der Waals surface area (Å²) in [6.45, 7) is 1.67.